The summed E-state index contributed by atoms with van der Waals surface area (Å²) in [7, 11) is 3.42. The molecule has 0 aliphatic heterocycles. The van der Waals surface area contributed by atoms with E-state index in [4.69, 9.17) is 4.74 Å². The average Bonchev–Trinajstić information content (AvgIpc) is 3.34. The van der Waals surface area contributed by atoms with Crippen LogP contribution in [0.5, 0.6) is 0 Å². The van der Waals surface area contributed by atoms with Crippen molar-refractivity contribution in [2.45, 2.75) is 31.7 Å². The summed E-state index contributed by atoms with van der Waals surface area (Å²) in [4.78, 5) is 18.8. The molecule has 0 bridgehead atoms. The van der Waals surface area contributed by atoms with Crippen LogP contribution in [-0.4, -0.2) is 57.9 Å². The molecule has 2 aromatic heterocycles. The van der Waals surface area contributed by atoms with Crippen molar-refractivity contribution in [3.8, 4) is 0 Å². The fourth-order valence-electron chi connectivity index (χ4n) is 3.74. The van der Waals surface area contributed by atoms with Crippen LogP contribution in [0.3, 0.4) is 0 Å². The maximum atomic E-state index is 12.7. The second-order valence-electron chi connectivity index (χ2n) is 6.91. The molecular formula is C19H23N5O2. The number of benzene rings is 1. The molecule has 0 saturated heterocycles. The standard InChI is InChI=1S/C19H23N5O2/c1-23(9-10-26-2)19(25)13-7-8-16-15(11-13)17-18(22-21-16)20-12-24(17)14-5-3-4-6-14/h7-8,11-12,14H,3-6,9-10H2,1-2H3. The van der Waals surface area contributed by atoms with Crippen LogP contribution in [0.4, 0.5) is 0 Å². The Morgan fingerprint density at radius 1 is 1.31 bits per heavy atom. The second-order valence-corrected chi connectivity index (χ2v) is 6.91. The minimum Gasteiger partial charge on any atom is -0.383 e. The molecule has 0 N–H and O–H groups in total. The molecule has 26 heavy (non-hydrogen) atoms. The van der Waals surface area contributed by atoms with Crippen LogP contribution in [0.15, 0.2) is 24.5 Å². The number of carbonyl (C=O) groups excluding carboxylic acids is 1. The molecule has 3 aromatic rings. The summed E-state index contributed by atoms with van der Waals surface area (Å²) in [5, 5.41) is 9.47. The van der Waals surface area contributed by atoms with Gasteiger partial charge in [0.25, 0.3) is 5.91 Å². The van der Waals surface area contributed by atoms with Gasteiger partial charge >= 0.3 is 0 Å². The lowest BCUT2D eigenvalue weighted by Crippen LogP contribution is -2.29. The first-order valence-electron chi connectivity index (χ1n) is 9.06. The van der Waals surface area contributed by atoms with Crippen molar-refractivity contribution in [2.24, 2.45) is 0 Å². The van der Waals surface area contributed by atoms with Crippen molar-refractivity contribution in [3.05, 3.63) is 30.1 Å². The number of methoxy groups -OCH3 is 1. The van der Waals surface area contributed by atoms with Gasteiger partial charge < -0.3 is 14.2 Å². The first kappa shape index (κ1) is 16.9. The fourth-order valence-corrected chi connectivity index (χ4v) is 3.74. The number of nitrogens with zero attached hydrogens (tertiary/aromatic N) is 5. The van der Waals surface area contributed by atoms with Crippen molar-refractivity contribution in [1.29, 1.82) is 0 Å². The van der Waals surface area contributed by atoms with Gasteiger partial charge in [0, 0.05) is 37.7 Å². The van der Waals surface area contributed by atoms with Gasteiger partial charge in [0.15, 0.2) is 0 Å². The highest BCUT2D eigenvalue weighted by Gasteiger charge is 2.21. The number of hydrogen-bond donors (Lipinski definition) is 0. The van der Waals surface area contributed by atoms with Gasteiger partial charge in [-0.15, -0.1) is 10.2 Å². The number of imidazole rings is 1. The Kier molecular flexibility index (Phi) is 4.55. The van der Waals surface area contributed by atoms with Gasteiger partial charge in [-0.3, -0.25) is 4.79 Å². The van der Waals surface area contributed by atoms with E-state index in [9.17, 15) is 4.79 Å². The minimum atomic E-state index is -0.0270. The molecule has 1 aliphatic rings. The van der Waals surface area contributed by atoms with Crippen LogP contribution in [0, 0.1) is 0 Å². The smallest absolute Gasteiger partial charge is 0.253 e. The molecule has 0 atom stereocenters. The Bertz CT molecular complexity index is 946. The summed E-state index contributed by atoms with van der Waals surface area (Å²) in [6.45, 7) is 1.07. The highest BCUT2D eigenvalue weighted by molar-refractivity contribution is 6.05. The van der Waals surface area contributed by atoms with Gasteiger partial charge in [-0.1, -0.05) is 12.8 Å². The zero-order valence-electron chi connectivity index (χ0n) is 15.2. The molecule has 0 spiro atoms. The fraction of sp³-hybridized carbons (Fsp3) is 0.474. The van der Waals surface area contributed by atoms with Gasteiger partial charge in [0.05, 0.1) is 24.0 Å². The summed E-state index contributed by atoms with van der Waals surface area (Å²) >= 11 is 0. The van der Waals surface area contributed by atoms with E-state index in [0.717, 1.165) is 29.3 Å². The van der Waals surface area contributed by atoms with Crippen LogP contribution < -0.4 is 0 Å². The van der Waals surface area contributed by atoms with E-state index < -0.39 is 0 Å². The first-order valence-corrected chi connectivity index (χ1v) is 9.06. The quantitative estimate of drug-likeness (QED) is 0.705. The molecule has 1 fully saturated rings. The van der Waals surface area contributed by atoms with Gasteiger partial charge in [0.1, 0.15) is 0 Å². The van der Waals surface area contributed by atoms with Crippen molar-refractivity contribution >= 4 is 28.0 Å². The van der Waals surface area contributed by atoms with Crippen LogP contribution in [0.25, 0.3) is 22.1 Å². The predicted molar refractivity (Wildman–Crippen MR) is 99.2 cm³/mol. The van der Waals surface area contributed by atoms with E-state index >= 15 is 0 Å². The van der Waals surface area contributed by atoms with Crippen molar-refractivity contribution in [1.82, 2.24) is 24.6 Å². The lowest BCUT2D eigenvalue weighted by Gasteiger charge is -2.17. The molecule has 1 saturated carbocycles. The Hall–Kier alpha value is -2.54. The molecule has 1 amide bonds. The molecule has 1 aliphatic carbocycles. The van der Waals surface area contributed by atoms with E-state index in [2.05, 4.69) is 19.7 Å². The SMILES string of the molecule is COCCN(C)C(=O)c1ccc2nnc3ncn(C4CCCC4)c3c2c1. The molecule has 2 heterocycles. The van der Waals surface area contributed by atoms with E-state index in [1.807, 2.05) is 24.5 Å². The van der Waals surface area contributed by atoms with E-state index in [1.54, 1.807) is 19.1 Å². The van der Waals surface area contributed by atoms with Crippen LogP contribution in [0.1, 0.15) is 42.1 Å². The van der Waals surface area contributed by atoms with Gasteiger partial charge in [-0.2, -0.15) is 0 Å². The minimum absolute atomic E-state index is 0.0270. The third-order valence-corrected chi connectivity index (χ3v) is 5.22. The summed E-state index contributed by atoms with van der Waals surface area (Å²) < 4.78 is 7.29. The lowest BCUT2D eigenvalue weighted by molar-refractivity contribution is 0.0744. The lowest BCUT2D eigenvalue weighted by atomic mass is 10.1. The number of aromatic nitrogens is 4. The molecule has 136 valence electrons. The van der Waals surface area contributed by atoms with Crippen molar-refractivity contribution in [3.63, 3.8) is 0 Å². The molecule has 1 aromatic carbocycles. The van der Waals surface area contributed by atoms with Crippen molar-refractivity contribution < 1.29 is 9.53 Å². The van der Waals surface area contributed by atoms with Crippen LogP contribution in [0.2, 0.25) is 0 Å². The molecule has 0 unspecified atom stereocenters. The first-order chi connectivity index (χ1) is 12.7. The zero-order chi connectivity index (χ0) is 18.1. The third kappa shape index (κ3) is 2.92. The summed E-state index contributed by atoms with van der Waals surface area (Å²) in [5.41, 5.74) is 3.05. The molecule has 4 rings (SSSR count). The van der Waals surface area contributed by atoms with Gasteiger partial charge in [-0.05, 0) is 31.0 Å². The Balaban J connectivity index is 1.79. The number of fused-ring (bicyclic) bond motifs is 3. The summed E-state index contributed by atoms with van der Waals surface area (Å²) in [5.74, 6) is -0.0270. The molecular weight excluding hydrogens is 330 g/mol. The normalized spacial score (nSPS) is 15.2. The van der Waals surface area contributed by atoms with Gasteiger partial charge in [-0.25, -0.2) is 4.98 Å². The average molecular weight is 353 g/mol. The van der Waals surface area contributed by atoms with E-state index in [1.165, 1.54) is 12.8 Å². The van der Waals surface area contributed by atoms with Crippen LogP contribution >= 0.6 is 0 Å². The Labute approximate surface area is 152 Å². The largest absolute Gasteiger partial charge is 0.383 e. The van der Waals surface area contributed by atoms with Gasteiger partial charge in [0.2, 0.25) is 5.65 Å². The number of carbonyl (C=O) groups is 1. The summed E-state index contributed by atoms with van der Waals surface area (Å²) in [6, 6.07) is 6.05. The zero-order valence-corrected chi connectivity index (χ0v) is 15.2. The molecule has 0 radical (unpaired) electrons. The third-order valence-electron chi connectivity index (χ3n) is 5.22. The number of ether oxygens (including phenoxy) is 1. The summed E-state index contributed by atoms with van der Waals surface area (Å²) in [6.07, 6.45) is 6.68. The number of rotatable bonds is 5. The number of likely N-dealkylation sites (N-methyl/N-ethyl adjacent to an activating group) is 1. The Morgan fingerprint density at radius 3 is 2.88 bits per heavy atom. The predicted octanol–water partition coefficient (Wildman–Crippen LogP) is 2.81. The topological polar surface area (TPSA) is 73.1 Å². The van der Waals surface area contributed by atoms with E-state index in [0.29, 0.717) is 30.4 Å². The second kappa shape index (κ2) is 6.99. The maximum absolute atomic E-state index is 12.7. The maximum Gasteiger partial charge on any atom is 0.253 e. The van der Waals surface area contributed by atoms with Crippen LogP contribution in [-0.2, 0) is 4.74 Å². The molecule has 7 heteroatoms. The number of amides is 1. The monoisotopic (exact) mass is 353 g/mol. The highest BCUT2D eigenvalue weighted by atomic mass is 16.5. The molecule has 7 nitrogen and oxygen atoms in total. The number of hydrogen-bond acceptors (Lipinski definition) is 5. The highest BCUT2D eigenvalue weighted by Crippen LogP contribution is 2.33. The van der Waals surface area contributed by atoms with Crippen molar-refractivity contribution in [2.75, 3.05) is 27.3 Å². The Morgan fingerprint density at radius 2 is 2.12 bits per heavy atom. The van der Waals surface area contributed by atoms with E-state index in [-0.39, 0.29) is 5.91 Å².